The van der Waals surface area contributed by atoms with Gasteiger partial charge in [0.1, 0.15) is 0 Å². The standard InChI is InChI=1S/C23H24.2C5H8/c1-4-18-6-10-20(11-7-18)22-14-15-23(17(3)16-22)21-12-8-19(5-2)9-13-21;2*1-4-5(2)3/h6-16H,4-5H2,1-3H3;2*4H,1-2H2,3H3. The fourth-order valence-corrected chi connectivity index (χ4v) is 3.02. The van der Waals surface area contributed by atoms with Crippen LogP contribution in [0.1, 0.15) is 44.4 Å². The van der Waals surface area contributed by atoms with E-state index in [9.17, 15) is 0 Å². The average Bonchev–Trinajstić information content (AvgIpc) is 2.84. The van der Waals surface area contributed by atoms with Gasteiger partial charge in [0.2, 0.25) is 0 Å². The first-order chi connectivity index (χ1) is 15.7. The highest BCUT2D eigenvalue weighted by Gasteiger charge is 2.05. The lowest BCUT2D eigenvalue weighted by Gasteiger charge is -2.10. The molecular formula is C33H40. The maximum Gasteiger partial charge on any atom is -0.0154 e. The maximum absolute atomic E-state index is 3.56. The largest absolute Gasteiger partial charge is 0.0988 e. The lowest BCUT2D eigenvalue weighted by Crippen LogP contribution is -1.87. The lowest BCUT2D eigenvalue weighted by atomic mass is 9.94. The number of rotatable bonds is 6. The summed E-state index contributed by atoms with van der Waals surface area (Å²) in [7, 11) is 0. The van der Waals surface area contributed by atoms with Crippen molar-refractivity contribution in [3.63, 3.8) is 0 Å². The molecule has 0 aliphatic rings. The van der Waals surface area contributed by atoms with Crippen LogP contribution in [-0.2, 0) is 12.8 Å². The van der Waals surface area contributed by atoms with E-state index in [0.29, 0.717) is 0 Å². The Morgan fingerprint density at radius 3 is 1.33 bits per heavy atom. The van der Waals surface area contributed by atoms with Gasteiger partial charge in [-0.3, -0.25) is 0 Å². The molecule has 0 nitrogen and oxygen atoms in total. The van der Waals surface area contributed by atoms with Crippen LogP contribution in [-0.4, -0.2) is 0 Å². The van der Waals surface area contributed by atoms with Crippen LogP contribution in [0.2, 0.25) is 0 Å². The third-order valence-electron chi connectivity index (χ3n) is 5.29. The van der Waals surface area contributed by atoms with Crippen LogP contribution < -0.4 is 0 Å². The van der Waals surface area contributed by atoms with Gasteiger partial charge in [0, 0.05) is 0 Å². The van der Waals surface area contributed by atoms with Crippen LogP contribution in [0.5, 0.6) is 0 Å². The Balaban J connectivity index is 0.000000460. The van der Waals surface area contributed by atoms with Crippen molar-refractivity contribution in [1.82, 2.24) is 0 Å². The molecule has 0 saturated carbocycles. The van der Waals surface area contributed by atoms with Gasteiger partial charge in [0.25, 0.3) is 0 Å². The lowest BCUT2D eigenvalue weighted by molar-refractivity contribution is 1.14. The summed E-state index contributed by atoms with van der Waals surface area (Å²) in [4.78, 5) is 0. The molecular weight excluding hydrogens is 396 g/mol. The van der Waals surface area contributed by atoms with E-state index in [2.05, 4.69) is 114 Å². The Morgan fingerprint density at radius 2 is 1.00 bits per heavy atom. The number of allylic oxidation sites excluding steroid dienone is 4. The molecule has 0 heteroatoms. The van der Waals surface area contributed by atoms with Crippen molar-refractivity contribution >= 4 is 0 Å². The van der Waals surface area contributed by atoms with E-state index < -0.39 is 0 Å². The molecule has 33 heavy (non-hydrogen) atoms. The summed E-state index contributed by atoms with van der Waals surface area (Å²) in [5, 5.41) is 0. The smallest absolute Gasteiger partial charge is 0.0154 e. The Bertz CT molecular complexity index is 1030. The van der Waals surface area contributed by atoms with Crippen molar-refractivity contribution in [2.45, 2.75) is 47.5 Å². The summed E-state index contributed by atoms with van der Waals surface area (Å²) in [6.07, 6.45) is 5.62. The molecule has 0 spiro atoms. The van der Waals surface area contributed by atoms with Crippen LogP contribution in [0.15, 0.2) is 116 Å². The van der Waals surface area contributed by atoms with Crippen LogP contribution in [0.25, 0.3) is 22.3 Å². The highest BCUT2D eigenvalue weighted by atomic mass is 14.1. The summed E-state index contributed by atoms with van der Waals surface area (Å²) in [6.45, 7) is 24.4. The van der Waals surface area contributed by atoms with Crippen molar-refractivity contribution < 1.29 is 0 Å². The first-order valence-corrected chi connectivity index (χ1v) is 11.6. The highest BCUT2D eigenvalue weighted by molar-refractivity contribution is 5.73. The minimum atomic E-state index is 1.02. The van der Waals surface area contributed by atoms with E-state index >= 15 is 0 Å². The number of hydrogen-bond donors (Lipinski definition) is 0. The third kappa shape index (κ3) is 9.74. The molecule has 0 N–H and O–H groups in total. The van der Waals surface area contributed by atoms with E-state index in [-0.39, 0.29) is 0 Å². The Labute approximate surface area is 202 Å². The summed E-state index contributed by atoms with van der Waals surface area (Å²) in [5.74, 6) is 0. The predicted octanol–water partition coefficient (Wildman–Crippen LogP) is 9.95. The molecule has 0 radical (unpaired) electrons. The second-order valence-corrected chi connectivity index (χ2v) is 8.23. The molecule has 0 heterocycles. The minimum Gasteiger partial charge on any atom is -0.0988 e. The molecule has 3 rings (SSSR count). The molecule has 3 aromatic carbocycles. The van der Waals surface area contributed by atoms with Crippen molar-refractivity contribution in [1.29, 1.82) is 0 Å². The van der Waals surface area contributed by atoms with Crippen LogP contribution in [0.4, 0.5) is 0 Å². The van der Waals surface area contributed by atoms with Gasteiger partial charge in [0.15, 0.2) is 0 Å². The zero-order chi connectivity index (χ0) is 24.8. The second-order valence-electron chi connectivity index (χ2n) is 8.23. The quantitative estimate of drug-likeness (QED) is 0.337. The topological polar surface area (TPSA) is 0 Å². The second kappa shape index (κ2) is 14.6. The summed E-state index contributed by atoms with van der Waals surface area (Å²) >= 11 is 0. The molecule has 0 unspecified atom stereocenters. The zero-order valence-electron chi connectivity index (χ0n) is 21.2. The van der Waals surface area contributed by atoms with Gasteiger partial charge in [-0.15, -0.1) is 0 Å². The first kappa shape index (κ1) is 27.7. The average molecular weight is 437 g/mol. The number of aryl methyl sites for hydroxylation is 3. The van der Waals surface area contributed by atoms with Crippen LogP contribution in [0, 0.1) is 6.92 Å². The molecule has 172 valence electrons. The van der Waals surface area contributed by atoms with Gasteiger partial charge in [-0.2, -0.15) is 0 Å². The normalized spacial score (nSPS) is 9.48. The SMILES string of the molecule is C=CC(=C)C.C=CC(=C)C.CCc1ccc(-c2ccc(-c3ccc(CC)cc3)c(C)c2)cc1. The van der Waals surface area contributed by atoms with Gasteiger partial charge in [-0.1, -0.05) is 130 Å². The van der Waals surface area contributed by atoms with Gasteiger partial charge < -0.3 is 0 Å². The van der Waals surface area contributed by atoms with Crippen LogP contribution >= 0.6 is 0 Å². The molecule has 0 amide bonds. The molecule has 0 bridgehead atoms. The van der Waals surface area contributed by atoms with Gasteiger partial charge in [0.05, 0.1) is 0 Å². The van der Waals surface area contributed by atoms with E-state index in [4.69, 9.17) is 0 Å². The fourth-order valence-electron chi connectivity index (χ4n) is 3.02. The van der Waals surface area contributed by atoms with E-state index in [0.717, 1.165) is 24.0 Å². The van der Waals surface area contributed by atoms with Crippen molar-refractivity contribution in [2.75, 3.05) is 0 Å². The molecule has 0 aliphatic heterocycles. The molecule has 3 aromatic rings. The third-order valence-corrected chi connectivity index (χ3v) is 5.29. The monoisotopic (exact) mass is 436 g/mol. The Hall–Kier alpha value is -3.38. The molecule has 0 aromatic heterocycles. The van der Waals surface area contributed by atoms with Crippen molar-refractivity contribution in [3.8, 4) is 22.3 Å². The number of benzene rings is 3. The maximum atomic E-state index is 3.56. The molecule has 0 fully saturated rings. The summed E-state index contributed by atoms with van der Waals surface area (Å²) in [6, 6.07) is 24.6. The first-order valence-electron chi connectivity index (χ1n) is 11.6. The molecule has 0 atom stereocenters. The van der Waals surface area contributed by atoms with Crippen LogP contribution in [0.3, 0.4) is 0 Å². The minimum absolute atomic E-state index is 1.02. The molecule has 0 saturated heterocycles. The zero-order valence-corrected chi connectivity index (χ0v) is 21.2. The molecule has 0 aliphatic carbocycles. The fraction of sp³-hybridized carbons (Fsp3) is 0.212. The van der Waals surface area contributed by atoms with Gasteiger partial charge in [-0.25, -0.2) is 0 Å². The van der Waals surface area contributed by atoms with Crippen molar-refractivity contribution in [3.05, 3.63) is 133 Å². The Kier molecular flexibility index (Phi) is 12.3. The van der Waals surface area contributed by atoms with E-state index in [1.807, 2.05) is 13.8 Å². The van der Waals surface area contributed by atoms with Gasteiger partial charge >= 0.3 is 0 Å². The Morgan fingerprint density at radius 1 is 0.636 bits per heavy atom. The predicted molar refractivity (Wildman–Crippen MR) is 151 cm³/mol. The van der Waals surface area contributed by atoms with E-state index in [1.165, 1.54) is 38.9 Å². The summed E-state index contributed by atoms with van der Waals surface area (Å²) in [5.41, 5.74) is 11.3. The van der Waals surface area contributed by atoms with Gasteiger partial charge in [-0.05, 0) is 72.6 Å². The highest BCUT2D eigenvalue weighted by Crippen LogP contribution is 2.29. The van der Waals surface area contributed by atoms with E-state index in [1.54, 1.807) is 12.2 Å². The van der Waals surface area contributed by atoms with Crippen molar-refractivity contribution in [2.24, 2.45) is 0 Å². The summed E-state index contributed by atoms with van der Waals surface area (Å²) < 4.78 is 0. The number of hydrogen-bond acceptors (Lipinski definition) is 0.